The Morgan fingerprint density at radius 2 is 1.75 bits per heavy atom. The van der Waals surface area contributed by atoms with Crippen LogP contribution in [0.25, 0.3) is 0 Å². The summed E-state index contributed by atoms with van der Waals surface area (Å²) in [7, 11) is 1.77. The molecule has 0 spiro atoms. The van der Waals surface area contributed by atoms with Crippen LogP contribution in [0.3, 0.4) is 0 Å². The number of esters is 1. The van der Waals surface area contributed by atoms with Crippen LogP contribution in [0.5, 0.6) is 0 Å². The number of hydrogen-bond acceptors (Lipinski definition) is 6. The highest BCUT2D eigenvalue weighted by molar-refractivity contribution is 6.08. The van der Waals surface area contributed by atoms with Crippen LogP contribution in [0.15, 0.2) is 0 Å². The summed E-state index contributed by atoms with van der Waals surface area (Å²) in [5.74, 6) is -2.52. The molecule has 1 aliphatic carbocycles. The van der Waals surface area contributed by atoms with E-state index in [2.05, 4.69) is 10.4 Å². The van der Waals surface area contributed by atoms with Crippen molar-refractivity contribution in [2.24, 2.45) is 18.9 Å². The molecule has 1 saturated heterocycles. The topological polar surface area (TPSA) is 111 Å². The zero-order valence-electron chi connectivity index (χ0n) is 16.7. The Hall–Kier alpha value is -2.71. The third-order valence-electron chi connectivity index (χ3n) is 5.72. The highest BCUT2D eigenvalue weighted by Gasteiger charge is 2.51. The van der Waals surface area contributed by atoms with Crippen molar-refractivity contribution in [1.82, 2.24) is 14.7 Å². The molecule has 0 bridgehead atoms. The molecule has 3 amide bonds. The van der Waals surface area contributed by atoms with Gasteiger partial charge in [-0.2, -0.15) is 5.10 Å². The van der Waals surface area contributed by atoms with Gasteiger partial charge in [0.1, 0.15) is 6.04 Å². The van der Waals surface area contributed by atoms with E-state index in [0.717, 1.165) is 23.4 Å². The number of carbonyl (C=O) groups is 4. The van der Waals surface area contributed by atoms with Crippen molar-refractivity contribution in [3.63, 3.8) is 0 Å². The summed E-state index contributed by atoms with van der Waals surface area (Å²) in [4.78, 5) is 50.6. The number of fused-ring (bicyclic) bond motifs is 1. The smallest absolute Gasteiger partial charge is 0.329 e. The number of hydrogen-bond donors (Lipinski definition) is 1. The quantitative estimate of drug-likeness (QED) is 0.595. The van der Waals surface area contributed by atoms with Gasteiger partial charge in [0.25, 0.3) is 5.91 Å². The Bertz CT molecular complexity index is 807. The van der Waals surface area contributed by atoms with E-state index < -0.39 is 24.5 Å². The minimum absolute atomic E-state index is 0.301. The lowest BCUT2D eigenvalue weighted by Crippen LogP contribution is -2.45. The number of carbonyl (C=O) groups excluding carboxylic acids is 4. The molecule has 3 atom stereocenters. The third kappa shape index (κ3) is 3.53. The second kappa shape index (κ2) is 7.73. The van der Waals surface area contributed by atoms with Gasteiger partial charge in [0, 0.05) is 7.05 Å². The van der Waals surface area contributed by atoms with Crippen molar-refractivity contribution in [3.05, 3.63) is 11.4 Å². The number of amides is 3. The van der Waals surface area contributed by atoms with E-state index in [1.165, 1.54) is 6.92 Å². The molecule has 2 aliphatic rings. The average molecular weight is 390 g/mol. The second-order valence-electron chi connectivity index (χ2n) is 7.55. The summed E-state index contributed by atoms with van der Waals surface area (Å²) in [6.45, 7) is 4.54. The number of likely N-dealkylation sites (tertiary alicyclic amines) is 1. The van der Waals surface area contributed by atoms with Crippen molar-refractivity contribution in [3.8, 4) is 0 Å². The molecule has 3 rings (SSSR count). The fourth-order valence-electron chi connectivity index (χ4n) is 4.06. The number of nitrogens with one attached hydrogen (secondary N) is 1. The van der Waals surface area contributed by atoms with Gasteiger partial charge in [-0.1, -0.05) is 12.8 Å². The lowest BCUT2D eigenvalue weighted by Gasteiger charge is -2.21. The Morgan fingerprint density at radius 1 is 1.18 bits per heavy atom. The van der Waals surface area contributed by atoms with Crippen LogP contribution < -0.4 is 5.32 Å². The molecule has 0 unspecified atom stereocenters. The average Bonchev–Trinajstić information content (AvgIpc) is 3.06. The molecule has 9 nitrogen and oxygen atoms in total. The lowest BCUT2D eigenvalue weighted by molar-refractivity contribution is -0.159. The fraction of sp³-hybridized carbons (Fsp3) is 0.632. The van der Waals surface area contributed by atoms with Crippen molar-refractivity contribution in [1.29, 1.82) is 0 Å². The summed E-state index contributed by atoms with van der Waals surface area (Å²) < 4.78 is 6.70. The Balaban J connectivity index is 1.58. The number of ether oxygens (including phenoxy) is 1. The molecular weight excluding hydrogens is 364 g/mol. The first-order valence-electron chi connectivity index (χ1n) is 9.56. The number of imide groups is 1. The molecule has 1 aliphatic heterocycles. The van der Waals surface area contributed by atoms with Gasteiger partial charge in [-0.05, 0) is 33.6 Å². The number of anilines is 1. The van der Waals surface area contributed by atoms with Gasteiger partial charge in [0.05, 0.1) is 28.9 Å². The highest BCUT2D eigenvalue weighted by Crippen LogP contribution is 2.38. The van der Waals surface area contributed by atoms with E-state index in [9.17, 15) is 19.2 Å². The van der Waals surface area contributed by atoms with E-state index in [0.29, 0.717) is 24.2 Å². The first-order valence-corrected chi connectivity index (χ1v) is 9.56. The maximum Gasteiger partial charge on any atom is 0.329 e. The lowest BCUT2D eigenvalue weighted by atomic mass is 9.81. The van der Waals surface area contributed by atoms with Gasteiger partial charge in [0.15, 0.2) is 6.61 Å². The molecule has 28 heavy (non-hydrogen) atoms. The molecule has 2 fully saturated rings. The maximum absolute atomic E-state index is 12.6. The van der Waals surface area contributed by atoms with E-state index in [-0.39, 0.29) is 23.7 Å². The molecule has 2 heterocycles. The van der Waals surface area contributed by atoms with Crippen molar-refractivity contribution >= 4 is 29.4 Å². The monoisotopic (exact) mass is 390 g/mol. The van der Waals surface area contributed by atoms with Crippen molar-refractivity contribution in [2.75, 3.05) is 11.9 Å². The molecule has 1 N–H and O–H groups in total. The maximum atomic E-state index is 12.6. The van der Waals surface area contributed by atoms with Crippen LogP contribution in [-0.2, 0) is 31.0 Å². The summed E-state index contributed by atoms with van der Waals surface area (Å²) in [5.41, 5.74) is 2.01. The van der Waals surface area contributed by atoms with Crippen molar-refractivity contribution in [2.45, 2.75) is 52.5 Å². The normalized spacial score (nSPS) is 22.8. The molecule has 1 aromatic rings. The van der Waals surface area contributed by atoms with Crippen molar-refractivity contribution < 1.29 is 23.9 Å². The Morgan fingerprint density at radius 3 is 2.25 bits per heavy atom. The molecule has 9 heteroatoms. The van der Waals surface area contributed by atoms with Crippen LogP contribution in [0, 0.1) is 25.7 Å². The molecule has 0 radical (unpaired) electrons. The Labute approximate surface area is 163 Å². The SMILES string of the molecule is Cc1nn(C)c(C)c1NC(=O)COC(=O)[C@H](C)N1C(=O)[C@H]2CCCC[C@H]2C1=O. The summed E-state index contributed by atoms with van der Waals surface area (Å²) >= 11 is 0. The first kappa shape index (κ1) is 20.0. The van der Waals surface area contributed by atoms with Crippen LogP contribution in [0.2, 0.25) is 0 Å². The largest absolute Gasteiger partial charge is 0.454 e. The molecule has 1 aromatic heterocycles. The Kier molecular flexibility index (Phi) is 5.53. The van der Waals surface area contributed by atoms with Gasteiger partial charge in [0.2, 0.25) is 11.8 Å². The van der Waals surface area contributed by atoms with E-state index in [1.807, 2.05) is 6.92 Å². The van der Waals surface area contributed by atoms with E-state index in [4.69, 9.17) is 4.74 Å². The van der Waals surface area contributed by atoms with Gasteiger partial charge in [-0.25, -0.2) is 4.79 Å². The zero-order chi connectivity index (χ0) is 20.6. The minimum atomic E-state index is -1.04. The third-order valence-corrected chi connectivity index (χ3v) is 5.72. The first-order chi connectivity index (χ1) is 13.2. The van der Waals surface area contributed by atoms with Crippen LogP contribution in [0.4, 0.5) is 5.69 Å². The molecule has 0 aromatic carbocycles. The minimum Gasteiger partial charge on any atom is -0.454 e. The highest BCUT2D eigenvalue weighted by atomic mass is 16.5. The van der Waals surface area contributed by atoms with Crippen LogP contribution in [-0.4, -0.2) is 51.0 Å². The van der Waals surface area contributed by atoms with Crippen LogP contribution in [0.1, 0.15) is 44.0 Å². The van der Waals surface area contributed by atoms with Gasteiger partial charge < -0.3 is 10.1 Å². The molecule has 1 saturated carbocycles. The van der Waals surface area contributed by atoms with E-state index in [1.54, 1.807) is 18.7 Å². The van der Waals surface area contributed by atoms with Gasteiger partial charge >= 0.3 is 5.97 Å². The fourth-order valence-corrected chi connectivity index (χ4v) is 4.06. The molecule has 152 valence electrons. The standard InChI is InChI=1S/C19H26N4O5/c1-10-16(11(2)22(4)21-10)20-15(24)9-28-19(27)12(3)23-17(25)13-7-5-6-8-14(13)18(23)26/h12-14H,5-9H2,1-4H3,(H,20,24)/t12-,13-,14+/m0/s1. The number of aryl methyl sites for hydroxylation is 2. The molecular formula is C19H26N4O5. The summed E-state index contributed by atoms with van der Waals surface area (Å²) in [6, 6.07) is -1.04. The number of rotatable bonds is 5. The van der Waals surface area contributed by atoms with Gasteiger partial charge in [-0.3, -0.25) is 24.0 Å². The second-order valence-corrected chi connectivity index (χ2v) is 7.55. The van der Waals surface area contributed by atoms with E-state index >= 15 is 0 Å². The predicted molar refractivity (Wildman–Crippen MR) is 99.0 cm³/mol. The predicted octanol–water partition coefficient (Wildman–Crippen LogP) is 1.08. The number of aromatic nitrogens is 2. The van der Waals surface area contributed by atoms with Gasteiger partial charge in [-0.15, -0.1) is 0 Å². The zero-order valence-corrected chi connectivity index (χ0v) is 16.7. The summed E-state index contributed by atoms with van der Waals surface area (Å²) in [6.07, 6.45) is 3.19. The number of nitrogens with zero attached hydrogens (tertiary/aromatic N) is 3. The summed E-state index contributed by atoms with van der Waals surface area (Å²) in [5, 5.41) is 6.88. The van der Waals surface area contributed by atoms with Crippen LogP contribution >= 0.6 is 0 Å².